The van der Waals surface area contributed by atoms with Crippen LogP contribution in [-0.2, 0) is 9.84 Å². The predicted molar refractivity (Wildman–Crippen MR) is 85.5 cm³/mol. The van der Waals surface area contributed by atoms with E-state index >= 15 is 0 Å². The highest BCUT2D eigenvalue weighted by Gasteiger charge is 2.48. The van der Waals surface area contributed by atoms with Crippen LogP contribution in [0.25, 0.3) is 0 Å². The number of carbonyl (C=O) groups is 1. The highest BCUT2D eigenvalue weighted by Crippen LogP contribution is 2.37. The van der Waals surface area contributed by atoms with E-state index in [2.05, 4.69) is 0 Å². The first-order chi connectivity index (χ1) is 12.4. The molecule has 0 unspecified atom stereocenters. The van der Waals surface area contributed by atoms with Crippen molar-refractivity contribution in [2.75, 3.05) is 0 Å². The summed E-state index contributed by atoms with van der Waals surface area (Å²) in [5, 5.41) is 8.77. The van der Waals surface area contributed by atoms with Gasteiger partial charge in [0.2, 0.25) is 0 Å². The number of alkyl halides is 3. The smallest absolute Gasteiger partial charge is 0.456 e. The van der Waals surface area contributed by atoms with Gasteiger partial charge in [0.15, 0.2) is 5.96 Å². The summed E-state index contributed by atoms with van der Waals surface area (Å²) in [4.78, 5) is 10.5. The molecule has 0 aliphatic heterocycles. The third kappa shape index (κ3) is 4.53. The lowest BCUT2D eigenvalue weighted by Crippen LogP contribution is -2.35. The normalized spacial score (nSPS) is 11.7. The molecule has 0 aliphatic carbocycles. The van der Waals surface area contributed by atoms with Gasteiger partial charge in [-0.3, -0.25) is 15.5 Å². The highest BCUT2D eigenvalue weighted by molar-refractivity contribution is 7.92. The lowest BCUT2D eigenvalue weighted by atomic mass is 10.2. The zero-order chi connectivity index (χ0) is 20.4. The number of amides is 1. The number of ether oxygens (including phenoxy) is 1. The van der Waals surface area contributed by atoms with Gasteiger partial charge in [-0.05, 0) is 42.5 Å². The Morgan fingerprint density at radius 3 is 2.22 bits per heavy atom. The largest absolute Gasteiger partial charge is 0.502 e. The molecule has 4 N–H and O–H groups in total. The SMILES string of the molecule is N=C(N)NC(=O)c1ccc(Oc2ccc(F)cc2)c(S(=O)(=O)C(F)(F)F)c1. The summed E-state index contributed by atoms with van der Waals surface area (Å²) >= 11 is 0. The third-order valence-corrected chi connectivity index (χ3v) is 4.60. The van der Waals surface area contributed by atoms with E-state index in [9.17, 15) is 30.8 Å². The van der Waals surface area contributed by atoms with Crippen LogP contribution in [0.15, 0.2) is 47.4 Å². The number of hydrogen-bond acceptors (Lipinski definition) is 5. The fraction of sp³-hybridized carbons (Fsp3) is 0.0667. The molecule has 7 nitrogen and oxygen atoms in total. The number of sulfone groups is 1. The first-order valence-corrected chi connectivity index (χ1v) is 8.44. The summed E-state index contributed by atoms with van der Waals surface area (Å²) in [5.74, 6) is -3.36. The van der Waals surface area contributed by atoms with Crippen LogP contribution in [0.5, 0.6) is 11.5 Å². The van der Waals surface area contributed by atoms with E-state index in [0.717, 1.165) is 36.4 Å². The molecule has 0 atom stereocenters. The van der Waals surface area contributed by atoms with Gasteiger partial charge >= 0.3 is 5.51 Å². The van der Waals surface area contributed by atoms with Crippen LogP contribution >= 0.6 is 0 Å². The van der Waals surface area contributed by atoms with Crippen molar-refractivity contribution in [2.45, 2.75) is 10.4 Å². The summed E-state index contributed by atoms with van der Waals surface area (Å²) < 4.78 is 80.7. The molecular weight excluding hydrogens is 394 g/mol. The second kappa shape index (κ2) is 7.23. The predicted octanol–water partition coefficient (Wildman–Crippen LogP) is 2.53. The maximum absolute atomic E-state index is 13.0. The molecule has 0 saturated carbocycles. The monoisotopic (exact) mass is 405 g/mol. The number of carbonyl (C=O) groups excluding carboxylic acids is 1. The topological polar surface area (TPSA) is 122 Å². The maximum atomic E-state index is 13.0. The Bertz CT molecular complexity index is 989. The van der Waals surface area contributed by atoms with E-state index in [0.29, 0.717) is 6.07 Å². The molecule has 0 saturated heterocycles. The maximum Gasteiger partial charge on any atom is 0.502 e. The van der Waals surface area contributed by atoms with Gasteiger partial charge in [0.25, 0.3) is 15.7 Å². The van der Waals surface area contributed by atoms with E-state index in [4.69, 9.17) is 15.9 Å². The molecule has 2 rings (SSSR count). The molecule has 0 aromatic heterocycles. The van der Waals surface area contributed by atoms with E-state index in [1.54, 1.807) is 0 Å². The van der Waals surface area contributed by atoms with Gasteiger partial charge in [0.1, 0.15) is 22.2 Å². The minimum absolute atomic E-state index is 0.129. The van der Waals surface area contributed by atoms with E-state index in [1.807, 2.05) is 5.32 Å². The number of benzene rings is 2. The van der Waals surface area contributed by atoms with Gasteiger partial charge in [-0.1, -0.05) is 0 Å². The Morgan fingerprint density at radius 2 is 1.70 bits per heavy atom. The molecule has 27 heavy (non-hydrogen) atoms. The van der Waals surface area contributed by atoms with Crippen LogP contribution in [0, 0.1) is 11.2 Å². The number of hydrogen-bond donors (Lipinski definition) is 3. The summed E-state index contributed by atoms with van der Waals surface area (Å²) in [6.07, 6.45) is 0. The average molecular weight is 405 g/mol. The molecule has 144 valence electrons. The van der Waals surface area contributed by atoms with Crippen molar-refractivity contribution in [1.29, 1.82) is 5.41 Å². The zero-order valence-corrected chi connectivity index (χ0v) is 14.0. The van der Waals surface area contributed by atoms with Crippen molar-refractivity contribution in [3.05, 3.63) is 53.8 Å². The summed E-state index contributed by atoms with van der Waals surface area (Å²) in [5.41, 5.74) is -1.20. The number of rotatable bonds is 4. The number of guanidine groups is 1. The summed E-state index contributed by atoms with van der Waals surface area (Å²) in [7, 11) is -5.88. The van der Waals surface area contributed by atoms with Crippen molar-refractivity contribution >= 4 is 21.7 Å². The quantitative estimate of drug-likeness (QED) is 0.410. The van der Waals surface area contributed by atoms with Crippen molar-refractivity contribution in [1.82, 2.24) is 5.32 Å². The molecule has 0 spiro atoms. The van der Waals surface area contributed by atoms with Crippen LogP contribution in [0.4, 0.5) is 17.6 Å². The lowest BCUT2D eigenvalue weighted by Gasteiger charge is -2.15. The second-order valence-corrected chi connectivity index (χ2v) is 6.94. The van der Waals surface area contributed by atoms with Crippen LogP contribution < -0.4 is 15.8 Å². The molecule has 0 fully saturated rings. The Balaban J connectivity index is 2.57. The Hall–Kier alpha value is -3.15. The number of nitrogens with two attached hydrogens (primary N) is 1. The number of nitrogens with one attached hydrogen (secondary N) is 2. The van der Waals surface area contributed by atoms with Gasteiger partial charge in [0.05, 0.1) is 0 Å². The molecule has 1 amide bonds. The number of halogens is 4. The zero-order valence-electron chi connectivity index (χ0n) is 13.2. The van der Waals surface area contributed by atoms with Crippen LogP contribution in [-0.4, -0.2) is 25.8 Å². The highest BCUT2D eigenvalue weighted by atomic mass is 32.2. The molecule has 0 heterocycles. The molecule has 12 heteroatoms. The van der Waals surface area contributed by atoms with Gasteiger partial charge in [-0.25, -0.2) is 12.8 Å². The van der Waals surface area contributed by atoms with Gasteiger partial charge in [-0.15, -0.1) is 0 Å². The Labute approximate surface area is 150 Å². The molecule has 2 aromatic carbocycles. The van der Waals surface area contributed by atoms with Gasteiger partial charge in [0, 0.05) is 5.56 Å². The van der Waals surface area contributed by atoms with Crippen LogP contribution in [0.2, 0.25) is 0 Å². The minimum Gasteiger partial charge on any atom is -0.456 e. The molecule has 2 aromatic rings. The van der Waals surface area contributed by atoms with Gasteiger partial charge < -0.3 is 10.5 Å². The fourth-order valence-corrected chi connectivity index (χ4v) is 2.80. The van der Waals surface area contributed by atoms with Crippen LogP contribution in [0.1, 0.15) is 10.4 Å². The first-order valence-electron chi connectivity index (χ1n) is 6.96. The summed E-state index contributed by atoms with van der Waals surface area (Å²) in [6, 6.07) is 6.33. The third-order valence-electron chi connectivity index (χ3n) is 3.09. The second-order valence-electron chi connectivity index (χ2n) is 5.03. The average Bonchev–Trinajstić information content (AvgIpc) is 2.55. The van der Waals surface area contributed by atoms with Crippen LogP contribution in [0.3, 0.4) is 0 Å². The van der Waals surface area contributed by atoms with E-state index < -0.39 is 49.2 Å². The first kappa shape index (κ1) is 20.2. The van der Waals surface area contributed by atoms with Crippen molar-refractivity contribution in [3.8, 4) is 11.5 Å². The molecule has 0 radical (unpaired) electrons. The molecular formula is C15H11F4N3O4S. The Kier molecular flexibility index (Phi) is 5.40. The standard InChI is InChI=1S/C15H11F4N3O4S/c16-9-2-4-10(5-3-9)26-11-6-1-8(13(23)22-14(20)21)7-12(11)27(24,25)15(17,18)19/h1-7H,(H4,20,21,22,23). The van der Waals surface area contributed by atoms with Crippen molar-refractivity contribution in [3.63, 3.8) is 0 Å². The Morgan fingerprint density at radius 1 is 1.11 bits per heavy atom. The minimum atomic E-state index is -5.88. The lowest BCUT2D eigenvalue weighted by molar-refractivity contribution is -0.0437. The van der Waals surface area contributed by atoms with Gasteiger partial charge in [-0.2, -0.15) is 13.2 Å². The molecule has 0 aliphatic rings. The van der Waals surface area contributed by atoms with E-state index in [-0.39, 0.29) is 5.75 Å². The fourth-order valence-electron chi connectivity index (χ4n) is 1.89. The van der Waals surface area contributed by atoms with Crippen molar-refractivity contribution in [2.24, 2.45) is 5.73 Å². The van der Waals surface area contributed by atoms with Crippen molar-refractivity contribution < 1.29 is 35.5 Å². The summed E-state index contributed by atoms with van der Waals surface area (Å²) in [6.45, 7) is 0. The van der Waals surface area contributed by atoms with E-state index in [1.165, 1.54) is 0 Å². The molecule has 0 bridgehead atoms.